The minimum Gasteiger partial charge on any atom is -0.484 e. The molecular weight excluding hydrogens is 312 g/mol. The second-order valence-electron chi connectivity index (χ2n) is 5.96. The minimum atomic E-state index is -1.07. The zero-order valence-corrected chi connectivity index (χ0v) is 14.4. The van der Waals surface area contributed by atoms with Gasteiger partial charge in [-0.1, -0.05) is 6.07 Å². The Hall–Kier alpha value is -2.57. The fourth-order valence-corrected chi connectivity index (χ4v) is 2.03. The highest BCUT2D eigenvalue weighted by Gasteiger charge is 2.21. The fraction of sp³-hybridized carbons (Fsp3) is 0.471. The average Bonchev–Trinajstić information content (AvgIpc) is 2.49. The normalized spacial score (nSPS) is 10.6. The van der Waals surface area contributed by atoms with Crippen LogP contribution in [0.2, 0.25) is 0 Å². The monoisotopic (exact) mass is 336 g/mol. The van der Waals surface area contributed by atoms with Crippen molar-refractivity contribution in [1.82, 2.24) is 10.2 Å². The lowest BCUT2D eigenvalue weighted by atomic mass is 10.2. The number of rotatable bonds is 8. The molecule has 0 saturated heterocycles. The van der Waals surface area contributed by atoms with Crippen LogP contribution in [0.15, 0.2) is 24.3 Å². The molecule has 132 valence electrons. The largest absolute Gasteiger partial charge is 0.484 e. The number of carboxylic acid groups (broad SMARTS) is 1. The summed E-state index contributed by atoms with van der Waals surface area (Å²) in [5.74, 6) is -1.36. The van der Waals surface area contributed by atoms with Gasteiger partial charge in [0.15, 0.2) is 6.61 Å². The molecule has 1 rings (SSSR count). The van der Waals surface area contributed by atoms with E-state index < -0.39 is 5.97 Å². The number of carbonyl (C=O) groups excluding carboxylic acids is 2. The third-order valence-electron chi connectivity index (χ3n) is 3.15. The van der Waals surface area contributed by atoms with Crippen molar-refractivity contribution in [3.8, 4) is 5.75 Å². The van der Waals surface area contributed by atoms with Gasteiger partial charge in [0.05, 0.1) is 12.1 Å². The van der Waals surface area contributed by atoms with E-state index >= 15 is 0 Å². The van der Waals surface area contributed by atoms with E-state index in [-0.39, 0.29) is 42.6 Å². The number of carbonyl (C=O) groups is 3. The maximum Gasteiger partial charge on any atom is 0.335 e. The summed E-state index contributed by atoms with van der Waals surface area (Å²) in [5.41, 5.74) is 0.0805. The Bertz CT molecular complexity index is 598. The number of carboxylic acids is 1. The number of ether oxygens (including phenoxy) is 1. The van der Waals surface area contributed by atoms with Gasteiger partial charge in [-0.15, -0.1) is 0 Å². The minimum absolute atomic E-state index is 0.00313. The Morgan fingerprint density at radius 1 is 1.21 bits per heavy atom. The van der Waals surface area contributed by atoms with E-state index in [1.165, 1.54) is 17.0 Å². The van der Waals surface area contributed by atoms with Crippen molar-refractivity contribution in [2.24, 2.45) is 0 Å². The van der Waals surface area contributed by atoms with Crippen LogP contribution in [0.1, 0.15) is 38.1 Å². The first-order valence-electron chi connectivity index (χ1n) is 7.75. The Labute approximate surface area is 141 Å². The molecule has 0 aliphatic rings. The molecular formula is C17H24N2O5. The molecule has 0 atom stereocenters. The van der Waals surface area contributed by atoms with Crippen LogP contribution in [0.4, 0.5) is 0 Å². The number of benzene rings is 1. The highest BCUT2D eigenvalue weighted by atomic mass is 16.5. The summed E-state index contributed by atoms with van der Waals surface area (Å²) >= 11 is 0. The van der Waals surface area contributed by atoms with Crippen molar-refractivity contribution in [3.63, 3.8) is 0 Å². The van der Waals surface area contributed by atoms with Crippen LogP contribution in [-0.2, 0) is 9.59 Å². The van der Waals surface area contributed by atoms with E-state index in [1.807, 2.05) is 27.7 Å². The van der Waals surface area contributed by atoms with Crippen LogP contribution in [0.25, 0.3) is 0 Å². The molecule has 24 heavy (non-hydrogen) atoms. The van der Waals surface area contributed by atoms with Crippen molar-refractivity contribution < 1.29 is 24.2 Å². The summed E-state index contributed by atoms with van der Waals surface area (Å²) in [6.07, 6.45) is 0. The van der Waals surface area contributed by atoms with Gasteiger partial charge in [0.1, 0.15) is 5.75 Å². The van der Waals surface area contributed by atoms with Crippen LogP contribution in [0.3, 0.4) is 0 Å². The first-order chi connectivity index (χ1) is 11.2. The molecule has 0 radical (unpaired) electrons. The standard InChI is InChI=1S/C17H24N2O5/c1-11(2)18-15(20)9-19(12(3)4)16(21)10-24-14-7-5-6-13(8-14)17(22)23/h5-8,11-12H,9-10H2,1-4H3,(H,18,20)(H,22,23). The lowest BCUT2D eigenvalue weighted by Crippen LogP contribution is -2.47. The SMILES string of the molecule is CC(C)NC(=O)CN(C(=O)COc1cccc(C(=O)O)c1)C(C)C. The molecule has 2 N–H and O–H groups in total. The number of amides is 2. The smallest absolute Gasteiger partial charge is 0.335 e. The summed E-state index contributed by atoms with van der Waals surface area (Å²) in [4.78, 5) is 36.5. The van der Waals surface area contributed by atoms with Gasteiger partial charge in [-0.25, -0.2) is 4.79 Å². The molecule has 0 aromatic heterocycles. The van der Waals surface area contributed by atoms with E-state index in [2.05, 4.69) is 5.32 Å². The summed E-state index contributed by atoms with van der Waals surface area (Å²) in [6, 6.07) is 5.74. The number of hydrogen-bond acceptors (Lipinski definition) is 4. The van der Waals surface area contributed by atoms with Crippen LogP contribution in [-0.4, -0.2) is 53.0 Å². The van der Waals surface area contributed by atoms with Gasteiger partial charge in [0.2, 0.25) is 5.91 Å². The molecule has 0 unspecified atom stereocenters. The molecule has 2 amide bonds. The van der Waals surface area contributed by atoms with E-state index in [9.17, 15) is 14.4 Å². The van der Waals surface area contributed by atoms with Gasteiger partial charge in [-0.05, 0) is 45.9 Å². The number of nitrogens with zero attached hydrogens (tertiary/aromatic N) is 1. The Morgan fingerprint density at radius 2 is 1.88 bits per heavy atom. The van der Waals surface area contributed by atoms with Crippen LogP contribution < -0.4 is 10.1 Å². The molecule has 0 aliphatic carbocycles. The van der Waals surface area contributed by atoms with Gasteiger partial charge >= 0.3 is 5.97 Å². The molecule has 1 aromatic carbocycles. The number of nitrogens with one attached hydrogen (secondary N) is 1. The highest BCUT2D eigenvalue weighted by molar-refractivity contribution is 5.88. The quantitative estimate of drug-likeness (QED) is 0.750. The summed E-state index contributed by atoms with van der Waals surface area (Å²) < 4.78 is 5.37. The average molecular weight is 336 g/mol. The van der Waals surface area contributed by atoms with Crippen molar-refractivity contribution in [2.75, 3.05) is 13.2 Å². The molecule has 0 bridgehead atoms. The molecule has 0 aliphatic heterocycles. The van der Waals surface area contributed by atoms with Gasteiger partial charge in [-0.2, -0.15) is 0 Å². The number of aromatic carboxylic acids is 1. The topological polar surface area (TPSA) is 95.9 Å². The molecule has 7 heteroatoms. The van der Waals surface area contributed by atoms with Gasteiger partial charge < -0.3 is 20.1 Å². The molecule has 0 heterocycles. The highest BCUT2D eigenvalue weighted by Crippen LogP contribution is 2.13. The summed E-state index contributed by atoms with van der Waals surface area (Å²) in [7, 11) is 0. The maximum absolute atomic E-state index is 12.3. The maximum atomic E-state index is 12.3. The Kier molecular flexibility index (Phi) is 7.23. The third-order valence-corrected chi connectivity index (χ3v) is 3.15. The molecule has 7 nitrogen and oxygen atoms in total. The number of hydrogen-bond donors (Lipinski definition) is 2. The Morgan fingerprint density at radius 3 is 2.42 bits per heavy atom. The molecule has 0 spiro atoms. The fourth-order valence-electron chi connectivity index (χ4n) is 2.03. The van der Waals surface area contributed by atoms with E-state index in [4.69, 9.17) is 9.84 Å². The zero-order chi connectivity index (χ0) is 18.3. The van der Waals surface area contributed by atoms with Crippen LogP contribution in [0.5, 0.6) is 5.75 Å². The second kappa shape index (κ2) is 8.90. The second-order valence-corrected chi connectivity index (χ2v) is 5.96. The molecule has 0 saturated carbocycles. The van der Waals surface area contributed by atoms with Crippen LogP contribution in [0, 0.1) is 0 Å². The van der Waals surface area contributed by atoms with E-state index in [1.54, 1.807) is 12.1 Å². The van der Waals surface area contributed by atoms with Crippen LogP contribution >= 0.6 is 0 Å². The molecule has 1 aromatic rings. The van der Waals surface area contributed by atoms with Gasteiger partial charge in [-0.3, -0.25) is 9.59 Å². The first-order valence-corrected chi connectivity index (χ1v) is 7.75. The lowest BCUT2D eigenvalue weighted by Gasteiger charge is -2.26. The van der Waals surface area contributed by atoms with E-state index in [0.29, 0.717) is 5.75 Å². The predicted octanol–water partition coefficient (Wildman–Crippen LogP) is 1.53. The lowest BCUT2D eigenvalue weighted by molar-refractivity contribution is -0.139. The predicted molar refractivity (Wildman–Crippen MR) is 89.0 cm³/mol. The Balaban J connectivity index is 2.67. The van der Waals surface area contributed by atoms with Gasteiger partial charge in [0.25, 0.3) is 5.91 Å². The first kappa shape index (κ1) is 19.5. The van der Waals surface area contributed by atoms with Crippen molar-refractivity contribution in [2.45, 2.75) is 39.8 Å². The molecule has 0 fully saturated rings. The van der Waals surface area contributed by atoms with E-state index in [0.717, 1.165) is 0 Å². The van der Waals surface area contributed by atoms with Crippen molar-refractivity contribution in [1.29, 1.82) is 0 Å². The van der Waals surface area contributed by atoms with Crippen molar-refractivity contribution >= 4 is 17.8 Å². The zero-order valence-electron chi connectivity index (χ0n) is 14.4. The summed E-state index contributed by atoms with van der Waals surface area (Å²) in [6.45, 7) is 7.00. The van der Waals surface area contributed by atoms with Crippen molar-refractivity contribution in [3.05, 3.63) is 29.8 Å². The third kappa shape index (κ3) is 6.28. The summed E-state index contributed by atoms with van der Waals surface area (Å²) in [5, 5.41) is 11.7. The van der Waals surface area contributed by atoms with Gasteiger partial charge in [0, 0.05) is 12.1 Å².